The molecule has 1 aromatic rings. The lowest BCUT2D eigenvalue weighted by molar-refractivity contribution is 0.0674. The lowest BCUT2D eigenvalue weighted by Gasteiger charge is -2.18. The van der Waals surface area contributed by atoms with Gasteiger partial charge in [0.2, 0.25) is 5.78 Å². The first-order chi connectivity index (χ1) is 7.63. The summed E-state index contributed by atoms with van der Waals surface area (Å²) in [5.41, 5.74) is 0. The van der Waals surface area contributed by atoms with Crippen molar-refractivity contribution >= 4 is 5.78 Å². The van der Waals surface area contributed by atoms with Crippen molar-refractivity contribution in [1.82, 2.24) is 4.90 Å². The van der Waals surface area contributed by atoms with Gasteiger partial charge in [0.1, 0.15) is 0 Å². The van der Waals surface area contributed by atoms with Gasteiger partial charge in [0.15, 0.2) is 5.76 Å². The van der Waals surface area contributed by atoms with Crippen molar-refractivity contribution in [2.45, 2.75) is 6.43 Å². The molecule has 0 atom stereocenters. The third kappa shape index (κ3) is 4.08. The monoisotopic (exact) mass is 233 g/mol. The SMILES string of the molecule is O=C(CN(CCO)CC(F)F)c1ccco1. The Balaban J connectivity index is 2.51. The van der Waals surface area contributed by atoms with Crippen molar-refractivity contribution in [2.75, 3.05) is 26.2 Å². The molecule has 4 nitrogen and oxygen atoms in total. The van der Waals surface area contributed by atoms with Crippen LogP contribution in [0.1, 0.15) is 10.6 Å². The van der Waals surface area contributed by atoms with Crippen LogP contribution < -0.4 is 0 Å². The van der Waals surface area contributed by atoms with Gasteiger partial charge in [-0.05, 0) is 12.1 Å². The van der Waals surface area contributed by atoms with E-state index in [0.29, 0.717) is 0 Å². The van der Waals surface area contributed by atoms with Crippen LogP contribution in [0.4, 0.5) is 8.78 Å². The fourth-order valence-electron chi connectivity index (χ4n) is 1.29. The van der Waals surface area contributed by atoms with Crippen LogP contribution in [0, 0.1) is 0 Å². The van der Waals surface area contributed by atoms with Crippen molar-refractivity contribution in [3.05, 3.63) is 24.2 Å². The summed E-state index contributed by atoms with van der Waals surface area (Å²) in [5, 5.41) is 8.67. The molecule has 0 aliphatic rings. The molecule has 0 spiro atoms. The molecule has 0 amide bonds. The van der Waals surface area contributed by atoms with E-state index < -0.39 is 13.0 Å². The van der Waals surface area contributed by atoms with Crippen LogP contribution >= 0.6 is 0 Å². The number of halogens is 2. The number of aliphatic hydroxyl groups is 1. The Labute approximate surface area is 91.5 Å². The fourth-order valence-corrected chi connectivity index (χ4v) is 1.29. The highest BCUT2D eigenvalue weighted by molar-refractivity contribution is 5.94. The maximum atomic E-state index is 12.1. The van der Waals surface area contributed by atoms with Gasteiger partial charge in [0.25, 0.3) is 6.43 Å². The molecule has 0 unspecified atom stereocenters. The second-order valence-electron chi connectivity index (χ2n) is 3.25. The Morgan fingerprint density at radius 3 is 2.81 bits per heavy atom. The standard InChI is InChI=1S/C10H13F2NO3/c11-10(12)7-13(3-4-14)6-8(15)9-2-1-5-16-9/h1-2,5,10,14H,3-4,6-7H2. The molecule has 0 aliphatic carbocycles. The molecule has 1 rings (SSSR count). The average molecular weight is 233 g/mol. The molecule has 1 aromatic heterocycles. The van der Waals surface area contributed by atoms with Crippen molar-refractivity contribution < 1.29 is 23.1 Å². The first-order valence-corrected chi connectivity index (χ1v) is 4.81. The molecule has 0 saturated carbocycles. The number of hydrogen-bond donors (Lipinski definition) is 1. The first kappa shape index (κ1) is 12.8. The van der Waals surface area contributed by atoms with Gasteiger partial charge in [-0.2, -0.15) is 0 Å². The van der Waals surface area contributed by atoms with Crippen molar-refractivity contribution in [3.63, 3.8) is 0 Å². The van der Waals surface area contributed by atoms with E-state index in [2.05, 4.69) is 0 Å². The van der Waals surface area contributed by atoms with E-state index in [4.69, 9.17) is 9.52 Å². The minimum Gasteiger partial charge on any atom is -0.461 e. The number of carbonyl (C=O) groups is 1. The molecule has 1 heterocycles. The molecule has 0 fully saturated rings. The molecule has 6 heteroatoms. The van der Waals surface area contributed by atoms with E-state index in [-0.39, 0.29) is 31.2 Å². The summed E-state index contributed by atoms with van der Waals surface area (Å²) in [5.74, 6) is -0.240. The molecule has 1 N–H and O–H groups in total. The summed E-state index contributed by atoms with van der Waals surface area (Å²) in [6, 6.07) is 3.03. The van der Waals surface area contributed by atoms with Gasteiger partial charge in [-0.3, -0.25) is 9.69 Å². The summed E-state index contributed by atoms with van der Waals surface area (Å²) in [7, 11) is 0. The predicted molar refractivity (Wildman–Crippen MR) is 52.6 cm³/mol. The van der Waals surface area contributed by atoms with Gasteiger partial charge >= 0.3 is 0 Å². The van der Waals surface area contributed by atoms with E-state index in [1.165, 1.54) is 17.2 Å². The van der Waals surface area contributed by atoms with Gasteiger partial charge in [-0.1, -0.05) is 0 Å². The minimum absolute atomic E-state index is 0.0385. The molecule has 90 valence electrons. The number of nitrogens with zero attached hydrogens (tertiary/aromatic N) is 1. The van der Waals surface area contributed by atoms with Crippen LogP contribution in [0.3, 0.4) is 0 Å². The molecule has 0 aliphatic heterocycles. The Hall–Kier alpha value is -1.27. The number of aliphatic hydroxyl groups excluding tert-OH is 1. The second kappa shape index (κ2) is 6.34. The van der Waals surface area contributed by atoms with Gasteiger partial charge < -0.3 is 9.52 Å². The van der Waals surface area contributed by atoms with E-state index in [9.17, 15) is 13.6 Å². The predicted octanol–water partition coefficient (Wildman–Crippen LogP) is 1.02. The summed E-state index contributed by atoms with van der Waals surface area (Å²) in [4.78, 5) is 12.7. The highest BCUT2D eigenvalue weighted by atomic mass is 19.3. The zero-order chi connectivity index (χ0) is 12.0. The topological polar surface area (TPSA) is 53.7 Å². The van der Waals surface area contributed by atoms with Crippen molar-refractivity contribution in [1.29, 1.82) is 0 Å². The fraction of sp³-hybridized carbons (Fsp3) is 0.500. The quantitative estimate of drug-likeness (QED) is 0.714. The van der Waals surface area contributed by atoms with Crippen LogP contribution in [0.25, 0.3) is 0 Å². The maximum Gasteiger partial charge on any atom is 0.251 e. The number of carbonyl (C=O) groups excluding carboxylic acids is 1. The summed E-state index contributed by atoms with van der Waals surface area (Å²) in [6.07, 6.45) is -1.19. The minimum atomic E-state index is -2.53. The van der Waals surface area contributed by atoms with Gasteiger partial charge in [0.05, 0.1) is 26.0 Å². The summed E-state index contributed by atoms with van der Waals surface area (Å²) < 4.78 is 29.1. The maximum absolute atomic E-state index is 12.1. The summed E-state index contributed by atoms with van der Waals surface area (Å²) >= 11 is 0. The highest BCUT2D eigenvalue weighted by Gasteiger charge is 2.17. The van der Waals surface area contributed by atoms with Crippen LogP contribution in [-0.4, -0.2) is 48.5 Å². The van der Waals surface area contributed by atoms with E-state index in [1.54, 1.807) is 6.07 Å². The lowest BCUT2D eigenvalue weighted by atomic mass is 10.3. The smallest absolute Gasteiger partial charge is 0.251 e. The van der Waals surface area contributed by atoms with E-state index >= 15 is 0 Å². The van der Waals surface area contributed by atoms with Gasteiger partial charge in [-0.15, -0.1) is 0 Å². The Morgan fingerprint density at radius 1 is 1.56 bits per heavy atom. The average Bonchev–Trinajstić information content (AvgIpc) is 2.69. The second-order valence-corrected chi connectivity index (χ2v) is 3.25. The zero-order valence-corrected chi connectivity index (χ0v) is 8.60. The number of rotatable bonds is 7. The Morgan fingerprint density at radius 2 is 2.31 bits per heavy atom. The Bertz CT molecular complexity index is 314. The largest absolute Gasteiger partial charge is 0.461 e. The van der Waals surface area contributed by atoms with Crippen molar-refractivity contribution in [2.24, 2.45) is 0 Å². The molecule has 16 heavy (non-hydrogen) atoms. The molecule has 0 radical (unpaired) electrons. The number of ketones is 1. The molecule has 0 aromatic carbocycles. The third-order valence-electron chi connectivity index (χ3n) is 1.98. The van der Waals surface area contributed by atoms with Crippen molar-refractivity contribution in [3.8, 4) is 0 Å². The number of Topliss-reactive ketones (excluding diaryl/α,β-unsaturated/α-hetero) is 1. The van der Waals surface area contributed by atoms with Gasteiger partial charge in [0, 0.05) is 6.54 Å². The molecular weight excluding hydrogens is 220 g/mol. The van der Waals surface area contributed by atoms with Gasteiger partial charge in [-0.25, -0.2) is 8.78 Å². The summed E-state index contributed by atoms with van der Waals surface area (Å²) in [6.45, 7) is -0.944. The van der Waals surface area contributed by atoms with Crippen LogP contribution in [0.2, 0.25) is 0 Å². The number of furan rings is 1. The molecular formula is C10H13F2NO3. The van der Waals surface area contributed by atoms with Crippen LogP contribution in [-0.2, 0) is 0 Å². The van der Waals surface area contributed by atoms with Crippen LogP contribution in [0.15, 0.2) is 22.8 Å². The third-order valence-corrected chi connectivity index (χ3v) is 1.98. The number of alkyl halides is 2. The van der Waals surface area contributed by atoms with Crippen LogP contribution in [0.5, 0.6) is 0 Å². The Kier molecular flexibility index (Phi) is 5.07. The first-order valence-electron chi connectivity index (χ1n) is 4.81. The molecule has 0 bridgehead atoms. The zero-order valence-electron chi connectivity index (χ0n) is 8.60. The van der Waals surface area contributed by atoms with E-state index in [1.807, 2.05) is 0 Å². The highest BCUT2D eigenvalue weighted by Crippen LogP contribution is 2.04. The normalized spacial score (nSPS) is 11.3. The number of hydrogen-bond acceptors (Lipinski definition) is 4. The molecule has 0 saturated heterocycles. The lowest BCUT2D eigenvalue weighted by Crippen LogP contribution is -2.36. The van der Waals surface area contributed by atoms with E-state index in [0.717, 1.165) is 0 Å².